The van der Waals surface area contributed by atoms with Gasteiger partial charge in [0.1, 0.15) is 5.75 Å². The minimum Gasteiger partial charge on any atom is -0.508 e. The van der Waals surface area contributed by atoms with Gasteiger partial charge in [-0.15, -0.1) is 0 Å². The molecule has 1 aromatic carbocycles. The number of nitrogens with zero attached hydrogens (tertiary/aromatic N) is 2. The van der Waals surface area contributed by atoms with E-state index in [1.54, 1.807) is 0 Å². The Morgan fingerprint density at radius 2 is 1.94 bits per heavy atom. The Kier molecular flexibility index (Phi) is 4.05. The van der Waals surface area contributed by atoms with Gasteiger partial charge in [0.05, 0.1) is 6.42 Å². The first kappa shape index (κ1) is 20.1. The first-order chi connectivity index (χ1) is 15.3. The number of piperidine rings is 1. The van der Waals surface area contributed by atoms with E-state index in [0.717, 1.165) is 51.1 Å². The van der Waals surface area contributed by atoms with Crippen LogP contribution in [-0.4, -0.2) is 59.3 Å². The summed E-state index contributed by atoms with van der Waals surface area (Å²) >= 11 is 0. The number of hydrogen-bond donors (Lipinski definition) is 1. The third-order valence-corrected chi connectivity index (χ3v) is 10.6. The third kappa shape index (κ3) is 2.57. The van der Waals surface area contributed by atoms with Crippen molar-refractivity contribution in [3.05, 3.63) is 29.3 Å². The summed E-state index contributed by atoms with van der Waals surface area (Å²) in [6, 6.07) is 6.85. The lowest BCUT2D eigenvalue weighted by Crippen LogP contribution is -2.69. The van der Waals surface area contributed by atoms with Crippen LogP contribution in [0, 0.1) is 23.2 Å². The summed E-state index contributed by atoms with van der Waals surface area (Å²) in [6.45, 7) is 3.32. The zero-order chi connectivity index (χ0) is 21.9. The molecule has 7 rings (SSSR count). The molecule has 2 saturated heterocycles. The number of alkyl halides is 3. The van der Waals surface area contributed by atoms with Gasteiger partial charge in [-0.1, -0.05) is 6.07 Å². The molecule has 6 aliphatic rings. The van der Waals surface area contributed by atoms with Crippen LogP contribution >= 0.6 is 0 Å². The first-order valence-corrected chi connectivity index (χ1v) is 12.7. The highest BCUT2D eigenvalue weighted by molar-refractivity contribution is 5.50. The van der Waals surface area contributed by atoms with Gasteiger partial charge in [0.15, 0.2) is 0 Å². The van der Waals surface area contributed by atoms with Crippen LogP contribution in [0.5, 0.6) is 5.75 Å². The molecule has 32 heavy (non-hydrogen) atoms. The van der Waals surface area contributed by atoms with Crippen molar-refractivity contribution in [3.63, 3.8) is 0 Å². The fourth-order valence-electron chi connectivity index (χ4n) is 9.58. The molecule has 4 aliphatic carbocycles. The van der Waals surface area contributed by atoms with E-state index in [1.807, 2.05) is 12.1 Å². The van der Waals surface area contributed by atoms with Gasteiger partial charge in [-0.25, -0.2) is 0 Å². The zero-order valence-corrected chi connectivity index (χ0v) is 18.6. The van der Waals surface area contributed by atoms with Gasteiger partial charge in [-0.3, -0.25) is 9.80 Å². The topological polar surface area (TPSA) is 26.7 Å². The Balaban J connectivity index is 1.31. The number of likely N-dealkylation sites (tertiary alicyclic amines) is 2. The molecule has 0 radical (unpaired) electrons. The van der Waals surface area contributed by atoms with Crippen LogP contribution in [-0.2, 0) is 11.8 Å². The summed E-state index contributed by atoms with van der Waals surface area (Å²) in [5.74, 6) is 2.15. The number of rotatable bonds is 4. The molecule has 6 heteroatoms. The van der Waals surface area contributed by atoms with E-state index >= 15 is 0 Å². The number of hydrogen-bond acceptors (Lipinski definition) is 3. The van der Waals surface area contributed by atoms with Crippen LogP contribution in [0.3, 0.4) is 0 Å². The van der Waals surface area contributed by atoms with Crippen molar-refractivity contribution in [2.24, 2.45) is 23.2 Å². The molecule has 3 nitrogen and oxygen atoms in total. The van der Waals surface area contributed by atoms with Crippen molar-refractivity contribution in [2.45, 2.75) is 75.0 Å². The molecule has 0 aromatic heterocycles. The predicted molar refractivity (Wildman–Crippen MR) is 115 cm³/mol. The number of aromatic hydroxyl groups is 1. The van der Waals surface area contributed by atoms with Crippen molar-refractivity contribution in [1.82, 2.24) is 9.80 Å². The van der Waals surface area contributed by atoms with Crippen LogP contribution in [0.25, 0.3) is 0 Å². The number of halogens is 3. The van der Waals surface area contributed by atoms with Gasteiger partial charge in [0.2, 0.25) is 0 Å². The van der Waals surface area contributed by atoms with Crippen LogP contribution in [0.15, 0.2) is 18.2 Å². The molecule has 1 aromatic rings. The molecule has 174 valence electrons. The number of benzene rings is 1. The average Bonchev–Trinajstić information content (AvgIpc) is 3.43. The normalized spacial score (nSPS) is 42.7. The number of fused-ring (bicyclic) bond motifs is 1. The fraction of sp³-hybridized carbons (Fsp3) is 0.769. The van der Waals surface area contributed by atoms with Crippen LogP contribution < -0.4 is 0 Å². The van der Waals surface area contributed by atoms with Gasteiger partial charge < -0.3 is 5.11 Å². The lowest BCUT2D eigenvalue weighted by Gasteiger charge is -2.66. The number of phenolic OH excluding ortho intramolecular Hbond substituents is 1. The van der Waals surface area contributed by atoms with Gasteiger partial charge in [0.25, 0.3) is 0 Å². The van der Waals surface area contributed by atoms with E-state index in [-0.39, 0.29) is 23.4 Å². The summed E-state index contributed by atoms with van der Waals surface area (Å²) in [7, 11) is 0. The molecule has 5 fully saturated rings. The zero-order valence-electron chi connectivity index (χ0n) is 18.6. The highest BCUT2D eigenvalue weighted by Gasteiger charge is 2.75. The van der Waals surface area contributed by atoms with E-state index in [2.05, 4.69) is 15.9 Å². The third-order valence-electron chi connectivity index (χ3n) is 10.6. The summed E-state index contributed by atoms with van der Waals surface area (Å²) in [6.07, 6.45) is 3.48. The minimum absolute atomic E-state index is 0.0323. The van der Waals surface area contributed by atoms with Crippen molar-refractivity contribution in [1.29, 1.82) is 0 Å². The smallest absolute Gasteiger partial charge is 0.390 e. The van der Waals surface area contributed by atoms with Gasteiger partial charge in [0, 0.05) is 37.1 Å². The molecule has 0 spiro atoms. The summed E-state index contributed by atoms with van der Waals surface area (Å²) < 4.78 is 39.1. The van der Waals surface area contributed by atoms with Crippen molar-refractivity contribution < 1.29 is 18.3 Å². The Labute approximate surface area is 188 Å². The van der Waals surface area contributed by atoms with E-state index in [4.69, 9.17) is 0 Å². The molecule has 2 aliphatic heterocycles. The molecule has 1 N–H and O–H groups in total. The molecule has 0 amide bonds. The second-order valence-corrected chi connectivity index (χ2v) is 11.8. The predicted octanol–water partition coefficient (Wildman–Crippen LogP) is 4.72. The standard InChI is InChI=1S/C26H33F3N2O/c27-26(28,29)8-10-30-15-18-13-24-6-5-21(30)23(18)25(24)7-9-31(14-16-1-2-16)22(24)11-17-3-4-19(32)12-20(17)25/h3-4,12,16,18,21-23,32H,1-2,5-11,13-15H2/t18-,21?,22?,23?,24?,25?/m1/s1. The Morgan fingerprint density at radius 1 is 1.09 bits per heavy atom. The van der Waals surface area contributed by atoms with Crippen molar-refractivity contribution in [2.75, 3.05) is 26.2 Å². The lowest BCUT2D eigenvalue weighted by atomic mass is 9.43. The highest BCUT2D eigenvalue weighted by Crippen LogP contribution is 2.75. The molecule has 6 atom stereocenters. The van der Waals surface area contributed by atoms with Crippen LogP contribution in [0.2, 0.25) is 0 Å². The Bertz CT molecular complexity index is 945. The second-order valence-electron chi connectivity index (χ2n) is 11.8. The van der Waals surface area contributed by atoms with E-state index in [1.165, 1.54) is 30.5 Å². The Hall–Kier alpha value is -1.27. The first-order valence-electron chi connectivity index (χ1n) is 12.7. The summed E-state index contributed by atoms with van der Waals surface area (Å²) in [5.41, 5.74) is 3.02. The molecule has 2 heterocycles. The maximum Gasteiger partial charge on any atom is 0.390 e. The number of phenols is 1. The van der Waals surface area contributed by atoms with Crippen LogP contribution in [0.4, 0.5) is 13.2 Å². The molecule has 5 unspecified atom stereocenters. The van der Waals surface area contributed by atoms with Gasteiger partial charge >= 0.3 is 6.18 Å². The van der Waals surface area contributed by atoms with Gasteiger partial charge in [-0.05, 0) is 97.9 Å². The largest absolute Gasteiger partial charge is 0.508 e. The van der Waals surface area contributed by atoms with Gasteiger partial charge in [-0.2, -0.15) is 13.2 Å². The summed E-state index contributed by atoms with van der Waals surface area (Å²) in [4.78, 5) is 5.01. The second kappa shape index (κ2) is 6.44. The quantitative estimate of drug-likeness (QED) is 0.725. The maximum absolute atomic E-state index is 13.0. The molecular formula is C26H33F3N2O. The Morgan fingerprint density at radius 3 is 2.72 bits per heavy atom. The van der Waals surface area contributed by atoms with Crippen molar-refractivity contribution >= 4 is 0 Å². The SMILES string of the molecule is Oc1ccc2c(c1)C13CCN(CC4CC4)C(C2)C12CCC1C3[C@@H](CN1CCC(F)(F)F)C2. The summed E-state index contributed by atoms with van der Waals surface area (Å²) in [5, 5.41) is 10.5. The van der Waals surface area contributed by atoms with Crippen LogP contribution in [0.1, 0.15) is 56.1 Å². The van der Waals surface area contributed by atoms with E-state index in [0.29, 0.717) is 23.6 Å². The average molecular weight is 447 g/mol. The maximum atomic E-state index is 13.0. The monoisotopic (exact) mass is 446 g/mol. The molecular weight excluding hydrogens is 413 g/mol. The van der Waals surface area contributed by atoms with Crippen molar-refractivity contribution in [3.8, 4) is 5.75 Å². The molecule has 3 saturated carbocycles. The highest BCUT2D eigenvalue weighted by atomic mass is 19.4. The van der Waals surface area contributed by atoms with E-state index < -0.39 is 12.6 Å². The fourth-order valence-corrected chi connectivity index (χ4v) is 9.58. The molecule has 4 bridgehead atoms. The lowest BCUT2D eigenvalue weighted by molar-refractivity contribution is -0.142. The minimum atomic E-state index is -4.09. The van der Waals surface area contributed by atoms with E-state index in [9.17, 15) is 18.3 Å².